The second-order valence-electron chi connectivity index (χ2n) is 16.4. The summed E-state index contributed by atoms with van der Waals surface area (Å²) in [7, 11) is 0. The molecule has 0 aliphatic heterocycles. The van der Waals surface area contributed by atoms with Crippen LogP contribution in [-0.2, 0) is 64.0 Å². The van der Waals surface area contributed by atoms with Gasteiger partial charge in [0.05, 0.1) is 38.0 Å². The predicted molar refractivity (Wildman–Crippen MR) is 237 cm³/mol. The highest BCUT2D eigenvalue weighted by molar-refractivity contribution is 5.99. The minimum absolute atomic E-state index is 0.202. The molecule has 16 N–H and O–H groups in total. The van der Waals surface area contributed by atoms with Gasteiger partial charge >= 0.3 is 23.9 Å². The van der Waals surface area contributed by atoms with Crippen molar-refractivity contribution >= 4 is 71.1 Å². The summed E-state index contributed by atoms with van der Waals surface area (Å²) >= 11 is 0. The van der Waals surface area contributed by atoms with E-state index in [9.17, 15) is 83.1 Å². The third kappa shape index (κ3) is 20.7. The Hall–Kier alpha value is -7.26. The molecule has 0 radical (unpaired) electrons. The average Bonchev–Trinajstić information content (AvgIpc) is 3.26. The monoisotopic (exact) mass is 981 g/mol. The lowest BCUT2D eigenvalue weighted by molar-refractivity contribution is -0.144. The van der Waals surface area contributed by atoms with Crippen LogP contribution < -0.4 is 48.3 Å². The Morgan fingerprint density at radius 2 is 0.928 bits per heavy atom. The van der Waals surface area contributed by atoms with Gasteiger partial charge in [-0.15, -0.1) is 0 Å². The molecule has 8 amide bonds. The van der Waals surface area contributed by atoms with Gasteiger partial charge in [0.25, 0.3) is 0 Å². The molecule has 11 atom stereocenters. The number of nitrogens with two attached hydrogens (primary N) is 1. The van der Waals surface area contributed by atoms with Gasteiger partial charge in [-0.2, -0.15) is 0 Å². The van der Waals surface area contributed by atoms with Gasteiger partial charge in [-0.05, 0) is 31.2 Å². The van der Waals surface area contributed by atoms with Gasteiger partial charge in [0.1, 0.15) is 48.3 Å². The molecule has 0 spiro atoms. The van der Waals surface area contributed by atoms with Crippen molar-refractivity contribution in [1.82, 2.24) is 42.5 Å². The molecule has 0 fully saturated rings. The first kappa shape index (κ1) is 59.8. The Bertz CT molecular complexity index is 2020. The molecule has 0 unspecified atom stereocenters. The number of benzene rings is 1. The van der Waals surface area contributed by atoms with Crippen molar-refractivity contribution in [3.05, 3.63) is 35.9 Å². The molecule has 27 nitrogen and oxygen atoms in total. The lowest BCUT2D eigenvalue weighted by atomic mass is 9.95. The number of amides is 8. The van der Waals surface area contributed by atoms with E-state index in [4.69, 9.17) is 10.8 Å². The first-order valence-electron chi connectivity index (χ1n) is 21.5. The molecule has 1 aromatic rings. The highest BCUT2D eigenvalue weighted by atomic mass is 16.4. The number of aliphatic hydroxyl groups is 2. The lowest BCUT2D eigenvalue weighted by Gasteiger charge is -2.30. The summed E-state index contributed by atoms with van der Waals surface area (Å²) in [4.78, 5) is 152. The zero-order valence-corrected chi connectivity index (χ0v) is 38.7. The Kier molecular flexibility index (Phi) is 25.0. The fourth-order valence-electron chi connectivity index (χ4n) is 6.16. The number of hydrogen-bond acceptors (Lipinski definition) is 15. The number of rotatable bonds is 30. The molecular formula is C42H63N9O18. The minimum Gasteiger partial charge on any atom is -0.481 e. The summed E-state index contributed by atoms with van der Waals surface area (Å²) < 4.78 is 0. The standard InChI is InChI=1S/C42H63N9O18/c1-7-19(4)32(50-39(65)31(18(2)3)49-35(61)23(43)14-28(54)55)40(66)51-33(21(6)53)41(67)46-25(16-30(58)59)37(63)48-27(17-52)38(64)44-20(5)34(60)45-24(15-29(56)57)36(62)47-26(42(68)69)13-22-11-9-8-10-12-22/h8-12,18-21,23-27,31-33,52-53H,7,13-17,43H2,1-6H3,(H,44,64)(H,45,60)(H,46,67)(H,47,62)(H,48,63)(H,49,61)(H,50,65)(H,51,66)(H,54,55)(H,56,57)(H,58,59)(H,68,69)/t19-,20-,21+,23-,24-,25-,26-,27-,31-,32-,33-/m0/s1. The van der Waals surface area contributed by atoms with Crippen LogP contribution >= 0.6 is 0 Å². The first-order chi connectivity index (χ1) is 32.1. The maximum atomic E-state index is 13.7. The number of carboxylic acid groups (broad SMARTS) is 4. The summed E-state index contributed by atoms with van der Waals surface area (Å²) in [5, 5.41) is 75.6. The van der Waals surface area contributed by atoms with Gasteiger partial charge in [0, 0.05) is 6.42 Å². The second-order valence-corrected chi connectivity index (χ2v) is 16.4. The number of carbonyl (C=O) groups excluding carboxylic acids is 8. The van der Waals surface area contributed by atoms with E-state index in [-0.39, 0.29) is 12.8 Å². The van der Waals surface area contributed by atoms with Crippen molar-refractivity contribution in [1.29, 1.82) is 0 Å². The van der Waals surface area contributed by atoms with Crippen molar-refractivity contribution in [2.75, 3.05) is 6.61 Å². The van der Waals surface area contributed by atoms with E-state index in [2.05, 4.69) is 37.2 Å². The highest BCUT2D eigenvalue weighted by Gasteiger charge is 2.38. The van der Waals surface area contributed by atoms with E-state index in [0.717, 1.165) is 13.8 Å². The number of aliphatic carboxylic acids is 4. The number of carbonyl (C=O) groups is 12. The van der Waals surface area contributed by atoms with Gasteiger partial charge in [-0.1, -0.05) is 64.4 Å². The normalized spacial score (nSPS) is 15.8. The molecule has 0 aliphatic rings. The number of aliphatic hydroxyl groups excluding tert-OH is 2. The van der Waals surface area contributed by atoms with E-state index in [1.54, 1.807) is 58.0 Å². The zero-order chi connectivity index (χ0) is 52.9. The minimum atomic E-state index is -2.06. The summed E-state index contributed by atoms with van der Waals surface area (Å²) in [5.41, 5.74) is 6.14. The van der Waals surface area contributed by atoms with Gasteiger partial charge in [0.2, 0.25) is 47.3 Å². The van der Waals surface area contributed by atoms with Crippen LogP contribution in [0.3, 0.4) is 0 Å². The third-order valence-corrected chi connectivity index (χ3v) is 10.3. The molecule has 0 aliphatic carbocycles. The summed E-state index contributed by atoms with van der Waals surface area (Å²) in [6.07, 6.45) is -4.63. The van der Waals surface area contributed by atoms with Gasteiger partial charge in [0.15, 0.2) is 0 Å². The molecule has 384 valence electrons. The highest BCUT2D eigenvalue weighted by Crippen LogP contribution is 2.12. The maximum Gasteiger partial charge on any atom is 0.326 e. The third-order valence-electron chi connectivity index (χ3n) is 10.3. The summed E-state index contributed by atoms with van der Waals surface area (Å²) in [5.74, 6) is -16.7. The molecule has 0 saturated heterocycles. The molecule has 1 rings (SSSR count). The van der Waals surface area contributed by atoms with Gasteiger partial charge in [-0.25, -0.2) is 4.79 Å². The lowest BCUT2D eigenvalue weighted by Crippen LogP contribution is -2.63. The Balaban J connectivity index is 3.18. The number of nitrogens with one attached hydrogen (secondary N) is 8. The largest absolute Gasteiger partial charge is 0.481 e. The molecule has 27 heteroatoms. The van der Waals surface area contributed by atoms with Crippen LogP contribution in [-0.4, -0.2) is 169 Å². The topological polar surface area (TPSA) is 448 Å². The molecular weight excluding hydrogens is 919 g/mol. The smallest absolute Gasteiger partial charge is 0.326 e. The fraction of sp³-hybridized carbons (Fsp3) is 0.571. The molecule has 1 aromatic carbocycles. The number of hydrogen-bond donors (Lipinski definition) is 15. The van der Waals surface area contributed by atoms with E-state index in [1.807, 2.05) is 5.32 Å². The Morgan fingerprint density at radius 3 is 1.38 bits per heavy atom. The van der Waals surface area contributed by atoms with Crippen LogP contribution in [0.2, 0.25) is 0 Å². The summed E-state index contributed by atoms with van der Waals surface area (Å²) in [6.45, 7) is 7.21. The average molecular weight is 982 g/mol. The van der Waals surface area contributed by atoms with Crippen LogP contribution in [0.1, 0.15) is 72.8 Å². The van der Waals surface area contributed by atoms with Crippen molar-refractivity contribution in [2.24, 2.45) is 17.6 Å². The van der Waals surface area contributed by atoms with E-state index in [0.29, 0.717) is 5.56 Å². The van der Waals surface area contributed by atoms with Crippen LogP contribution in [0, 0.1) is 11.8 Å². The molecule has 69 heavy (non-hydrogen) atoms. The van der Waals surface area contributed by atoms with Crippen molar-refractivity contribution in [3.63, 3.8) is 0 Å². The molecule has 0 aromatic heterocycles. The van der Waals surface area contributed by atoms with Crippen LogP contribution in [0.15, 0.2) is 30.3 Å². The van der Waals surface area contributed by atoms with Crippen molar-refractivity contribution in [2.45, 2.75) is 134 Å². The molecule has 0 heterocycles. The van der Waals surface area contributed by atoms with Gasteiger partial charge in [-0.3, -0.25) is 52.7 Å². The number of carboxylic acids is 4. The fourth-order valence-corrected chi connectivity index (χ4v) is 6.16. The summed E-state index contributed by atoms with van der Waals surface area (Å²) in [6, 6.07) is -7.15. The first-order valence-corrected chi connectivity index (χ1v) is 21.5. The van der Waals surface area contributed by atoms with Crippen molar-refractivity contribution < 1.29 is 88.2 Å². The zero-order valence-electron chi connectivity index (χ0n) is 38.7. The van der Waals surface area contributed by atoms with Crippen LogP contribution in [0.5, 0.6) is 0 Å². The SMILES string of the molecule is CC[C@H](C)[C@H](NC(=O)[C@@H](NC(=O)[C@@H](N)CC(=O)O)C(C)C)C(=O)N[C@H](C(=O)N[C@@H](CC(=O)O)C(=O)N[C@@H](CO)C(=O)N[C@@H](C)C(=O)N[C@@H](CC(=O)O)C(=O)N[C@@H](Cc1ccccc1)C(=O)O)[C@@H](C)O. The van der Waals surface area contributed by atoms with Gasteiger partial charge < -0.3 is 78.9 Å². The molecule has 0 bridgehead atoms. The van der Waals surface area contributed by atoms with E-state index >= 15 is 0 Å². The molecule has 0 saturated carbocycles. The van der Waals surface area contributed by atoms with E-state index < -0.39 is 169 Å². The predicted octanol–water partition coefficient (Wildman–Crippen LogP) is -4.96. The van der Waals surface area contributed by atoms with Crippen LogP contribution in [0.25, 0.3) is 0 Å². The second kappa shape index (κ2) is 28.8. The Labute approximate surface area is 395 Å². The van der Waals surface area contributed by atoms with E-state index in [1.165, 1.54) is 0 Å². The Morgan fingerprint density at radius 1 is 0.507 bits per heavy atom. The quantitative estimate of drug-likeness (QED) is 0.0343. The van der Waals surface area contributed by atoms with Crippen LogP contribution in [0.4, 0.5) is 0 Å². The maximum absolute atomic E-state index is 13.7. The van der Waals surface area contributed by atoms with Crippen molar-refractivity contribution in [3.8, 4) is 0 Å².